The van der Waals surface area contributed by atoms with Crippen molar-refractivity contribution in [3.05, 3.63) is 29.3 Å². The predicted molar refractivity (Wildman–Crippen MR) is 69.8 cm³/mol. The molecule has 1 N–H and O–H groups in total. The zero-order chi connectivity index (χ0) is 10.7. The van der Waals surface area contributed by atoms with Gasteiger partial charge in [-0.25, -0.2) is 0 Å². The molecule has 0 aromatic heterocycles. The number of hydrogen-bond donors (Lipinski definition) is 1. The SMILES string of the molecule is CNC[C@@H]1CCCc2c(OC)cccc21.Cl. The predicted octanol–water partition coefficient (Wildman–Crippen LogP) is 2.76. The number of ether oxygens (including phenoxy) is 1. The van der Waals surface area contributed by atoms with Gasteiger partial charge in [0, 0.05) is 6.54 Å². The van der Waals surface area contributed by atoms with Crippen molar-refractivity contribution in [3.8, 4) is 5.75 Å². The van der Waals surface area contributed by atoms with Gasteiger partial charge in [0.05, 0.1) is 7.11 Å². The third-order valence-electron chi connectivity index (χ3n) is 3.26. The number of hydrogen-bond acceptors (Lipinski definition) is 2. The Balaban J connectivity index is 0.00000128. The van der Waals surface area contributed by atoms with E-state index < -0.39 is 0 Å². The summed E-state index contributed by atoms with van der Waals surface area (Å²) in [6.07, 6.45) is 3.74. The molecule has 1 aromatic carbocycles. The summed E-state index contributed by atoms with van der Waals surface area (Å²) < 4.78 is 5.42. The number of benzene rings is 1. The van der Waals surface area contributed by atoms with E-state index in [0.29, 0.717) is 5.92 Å². The van der Waals surface area contributed by atoms with Crippen molar-refractivity contribution < 1.29 is 4.74 Å². The lowest BCUT2D eigenvalue weighted by molar-refractivity contribution is 0.402. The van der Waals surface area contributed by atoms with Crippen molar-refractivity contribution in [3.63, 3.8) is 0 Å². The molecule has 90 valence electrons. The summed E-state index contributed by atoms with van der Waals surface area (Å²) in [6, 6.07) is 6.42. The van der Waals surface area contributed by atoms with Crippen LogP contribution in [0, 0.1) is 0 Å². The van der Waals surface area contributed by atoms with Crippen LogP contribution in [0.3, 0.4) is 0 Å². The van der Waals surface area contributed by atoms with Crippen molar-refractivity contribution in [2.24, 2.45) is 0 Å². The van der Waals surface area contributed by atoms with E-state index in [1.165, 1.54) is 30.4 Å². The normalized spacial score (nSPS) is 18.5. The Kier molecular flexibility index (Phi) is 5.10. The lowest BCUT2D eigenvalue weighted by Gasteiger charge is -2.26. The van der Waals surface area contributed by atoms with E-state index in [4.69, 9.17) is 4.74 Å². The van der Waals surface area contributed by atoms with Crippen LogP contribution in [0.1, 0.15) is 29.9 Å². The summed E-state index contributed by atoms with van der Waals surface area (Å²) in [5.41, 5.74) is 2.90. The molecule has 0 spiro atoms. The van der Waals surface area contributed by atoms with Gasteiger partial charge >= 0.3 is 0 Å². The molecule has 0 unspecified atom stereocenters. The highest BCUT2D eigenvalue weighted by Crippen LogP contribution is 2.36. The van der Waals surface area contributed by atoms with Crippen LogP contribution in [0.2, 0.25) is 0 Å². The first kappa shape index (κ1) is 13.3. The van der Waals surface area contributed by atoms with Crippen LogP contribution in [0.15, 0.2) is 18.2 Å². The Morgan fingerprint density at radius 3 is 2.94 bits per heavy atom. The molecule has 0 aliphatic heterocycles. The summed E-state index contributed by atoms with van der Waals surface area (Å²) in [4.78, 5) is 0. The number of fused-ring (bicyclic) bond motifs is 1. The maximum absolute atomic E-state index is 5.42. The average molecular weight is 242 g/mol. The molecule has 0 saturated carbocycles. The van der Waals surface area contributed by atoms with Gasteiger partial charge in [0.1, 0.15) is 5.75 Å². The standard InChI is InChI=1S/C13H19NO.ClH/c1-14-9-10-5-3-7-12-11(10)6-4-8-13(12)15-2;/h4,6,8,10,14H,3,5,7,9H2,1-2H3;1H/t10-;/m0./s1. The van der Waals surface area contributed by atoms with E-state index in [-0.39, 0.29) is 12.4 Å². The van der Waals surface area contributed by atoms with E-state index in [1.807, 2.05) is 7.05 Å². The van der Waals surface area contributed by atoms with Crippen LogP contribution in [0.4, 0.5) is 0 Å². The van der Waals surface area contributed by atoms with Gasteiger partial charge in [-0.15, -0.1) is 12.4 Å². The maximum atomic E-state index is 5.42. The average Bonchev–Trinajstić information content (AvgIpc) is 2.29. The molecule has 0 amide bonds. The summed E-state index contributed by atoms with van der Waals surface area (Å²) in [6.45, 7) is 1.07. The molecule has 0 saturated heterocycles. The lowest BCUT2D eigenvalue weighted by Crippen LogP contribution is -2.21. The van der Waals surface area contributed by atoms with Crippen LogP contribution in [-0.2, 0) is 6.42 Å². The smallest absolute Gasteiger partial charge is 0.122 e. The summed E-state index contributed by atoms with van der Waals surface area (Å²) in [7, 11) is 3.78. The van der Waals surface area contributed by atoms with Crippen molar-refractivity contribution in [1.82, 2.24) is 5.32 Å². The minimum Gasteiger partial charge on any atom is -0.496 e. The maximum Gasteiger partial charge on any atom is 0.122 e. The van der Waals surface area contributed by atoms with Gasteiger partial charge in [0.2, 0.25) is 0 Å². The number of nitrogens with one attached hydrogen (secondary N) is 1. The van der Waals surface area contributed by atoms with E-state index >= 15 is 0 Å². The number of halogens is 1. The first-order chi connectivity index (χ1) is 7.36. The topological polar surface area (TPSA) is 21.3 Å². The van der Waals surface area contributed by atoms with Crippen molar-refractivity contribution in [1.29, 1.82) is 0 Å². The van der Waals surface area contributed by atoms with Gasteiger partial charge < -0.3 is 10.1 Å². The first-order valence-electron chi connectivity index (χ1n) is 5.67. The van der Waals surface area contributed by atoms with Gasteiger partial charge in [-0.05, 0) is 49.4 Å². The monoisotopic (exact) mass is 241 g/mol. The molecule has 2 nitrogen and oxygen atoms in total. The van der Waals surface area contributed by atoms with Gasteiger partial charge in [-0.3, -0.25) is 0 Å². The highest BCUT2D eigenvalue weighted by molar-refractivity contribution is 5.85. The second-order valence-corrected chi connectivity index (χ2v) is 4.17. The van der Waals surface area contributed by atoms with Crippen LogP contribution < -0.4 is 10.1 Å². The molecule has 1 aromatic rings. The molecular formula is C13H20ClNO. The Morgan fingerprint density at radius 1 is 1.44 bits per heavy atom. The molecule has 1 atom stereocenters. The molecule has 1 aliphatic rings. The molecule has 16 heavy (non-hydrogen) atoms. The van der Waals surface area contributed by atoms with Crippen LogP contribution in [0.5, 0.6) is 5.75 Å². The Morgan fingerprint density at radius 2 is 2.25 bits per heavy atom. The highest BCUT2D eigenvalue weighted by atomic mass is 35.5. The Hall–Kier alpha value is -0.730. The molecule has 0 fully saturated rings. The molecule has 1 aliphatic carbocycles. The van der Waals surface area contributed by atoms with Crippen LogP contribution in [-0.4, -0.2) is 20.7 Å². The minimum absolute atomic E-state index is 0. The quantitative estimate of drug-likeness (QED) is 0.879. The molecule has 2 rings (SSSR count). The van der Waals surface area contributed by atoms with Crippen molar-refractivity contribution in [2.75, 3.05) is 20.7 Å². The largest absolute Gasteiger partial charge is 0.496 e. The van der Waals surface area contributed by atoms with Crippen LogP contribution >= 0.6 is 12.4 Å². The van der Waals surface area contributed by atoms with Gasteiger partial charge in [-0.2, -0.15) is 0 Å². The van der Waals surface area contributed by atoms with E-state index in [1.54, 1.807) is 7.11 Å². The Labute approximate surface area is 104 Å². The third-order valence-corrected chi connectivity index (χ3v) is 3.26. The zero-order valence-corrected chi connectivity index (χ0v) is 10.8. The number of rotatable bonds is 3. The fourth-order valence-electron chi connectivity index (χ4n) is 2.56. The third kappa shape index (κ3) is 2.50. The van der Waals surface area contributed by atoms with E-state index in [2.05, 4.69) is 23.5 Å². The number of methoxy groups -OCH3 is 1. The Bertz CT molecular complexity index is 341. The summed E-state index contributed by atoms with van der Waals surface area (Å²) in [5.74, 6) is 1.72. The second-order valence-electron chi connectivity index (χ2n) is 4.17. The fourth-order valence-corrected chi connectivity index (χ4v) is 2.56. The van der Waals surface area contributed by atoms with Crippen LogP contribution in [0.25, 0.3) is 0 Å². The summed E-state index contributed by atoms with van der Waals surface area (Å²) >= 11 is 0. The van der Waals surface area contributed by atoms with E-state index in [9.17, 15) is 0 Å². The fraction of sp³-hybridized carbons (Fsp3) is 0.538. The minimum atomic E-state index is 0. The zero-order valence-electron chi connectivity index (χ0n) is 9.95. The molecule has 0 bridgehead atoms. The van der Waals surface area contributed by atoms with E-state index in [0.717, 1.165) is 12.3 Å². The lowest BCUT2D eigenvalue weighted by atomic mass is 9.82. The molecule has 0 radical (unpaired) electrons. The van der Waals surface area contributed by atoms with Gasteiger partial charge in [0.15, 0.2) is 0 Å². The first-order valence-corrected chi connectivity index (χ1v) is 5.67. The summed E-state index contributed by atoms with van der Waals surface area (Å²) in [5, 5.41) is 3.27. The molecule has 0 heterocycles. The second kappa shape index (κ2) is 6.12. The molecule has 3 heteroatoms. The van der Waals surface area contributed by atoms with Crippen molar-refractivity contribution in [2.45, 2.75) is 25.2 Å². The molecular weight excluding hydrogens is 222 g/mol. The van der Waals surface area contributed by atoms with Crippen molar-refractivity contribution >= 4 is 12.4 Å². The van der Waals surface area contributed by atoms with Gasteiger partial charge in [-0.1, -0.05) is 12.1 Å². The number of likely N-dealkylation sites (N-methyl/N-ethyl adjacent to an activating group) is 1. The van der Waals surface area contributed by atoms with Gasteiger partial charge in [0.25, 0.3) is 0 Å². The highest BCUT2D eigenvalue weighted by Gasteiger charge is 2.21.